The van der Waals surface area contributed by atoms with E-state index < -0.39 is 10.0 Å². The minimum atomic E-state index is -3.50. The summed E-state index contributed by atoms with van der Waals surface area (Å²) in [5.41, 5.74) is 2.36. The van der Waals surface area contributed by atoms with E-state index in [9.17, 15) is 13.2 Å². The fourth-order valence-corrected chi connectivity index (χ4v) is 6.88. The maximum absolute atomic E-state index is 12.8. The number of sulfonamides is 1. The molecule has 1 aromatic heterocycles. The molecule has 0 aliphatic carbocycles. The number of thiophene rings is 1. The number of amides is 1. The van der Waals surface area contributed by atoms with Gasteiger partial charge in [0.25, 0.3) is 10.0 Å². The Morgan fingerprint density at radius 2 is 1.77 bits per heavy atom. The minimum absolute atomic E-state index is 0.0674. The molecule has 0 spiro atoms. The van der Waals surface area contributed by atoms with Crippen LogP contribution in [0.5, 0.6) is 0 Å². The fraction of sp³-hybridized carbons (Fsp3) is 0.500. The van der Waals surface area contributed by atoms with Crippen molar-refractivity contribution in [2.45, 2.75) is 43.0 Å². The zero-order valence-corrected chi connectivity index (χ0v) is 18.8. The smallest absolute Gasteiger partial charge is 0.252 e. The van der Waals surface area contributed by atoms with Crippen LogP contribution in [0, 0.1) is 5.92 Å². The molecule has 2 aliphatic heterocycles. The fourth-order valence-electron chi connectivity index (χ4n) is 4.21. The van der Waals surface area contributed by atoms with E-state index in [1.165, 1.54) is 47.1 Å². The van der Waals surface area contributed by atoms with E-state index in [0.29, 0.717) is 23.7 Å². The highest BCUT2D eigenvalue weighted by Gasteiger charge is 2.33. The Morgan fingerprint density at radius 3 is 2.47 bits per heavy atom. The van der Waals surface area contributed by atoms with Crippen LogP contribution in [0.25, 0.3) is 0 Å². The average molecular weight is 448 g/mol. The van der Waals surface area contributed by atoms with E-state index in [1.54, 1.807) is 17.5 Å². The predicted molar refractivity (Wildman–Crippen MR) is 119 cm³/mol. The monoisotopic (exact) mass is 447 g/mol. The maximum atomic E-state index is 12.8. The first kappa shape index (κ1) is 21.5. The van der Waals surface area contributed by atoms with Crippen molar-refractivity contribution in [3.63, 3.8) is 0 Å². The lowest BCUT2D eigenvalue weighted by atomic mass is 9.98. The number of rotatable bonds is 7. The van der Waals surface area contributed by atoms with Crippen LogP contribution in [0.1, 0.15) is 36.8 Å². The van der Waals surface area contributed by atoms with Gasteiger partial charge in [0.2, 0.25) is 5.91 Å². The van der Waals surface area contributed by atoms with Crippen molar-refractivity contribution >= 4 is 27.3 Å². The second-order valence-electron chi connectivity index (χ2n) is 8.15. The van der Waals surface area contributed by atoms with Crippen LogP contribution in [0.4, 0.5) is 0 Å². The Kier molecular flexibility index (Phi) is 6.87. The summed E-state index contributed by atoms with van der Waals surface area (Å²) in [6.07, 6.45) is 4.00. The summed E-state index contributed by atoms with van der Waals surface area (Å²) in [5, 5.41) is 4.76. The highest BCUT2D eigenvalue weighted by Crippen LogP contribution is 2.26. The normalized spacial score (nSPS) is 21.0. The Labute approximate surface area is 182 Å². The van der Waals surface area contributed by atoms with Crippen LogP contribution in [0.15, 0.2) is 46.0 Å². The number of benzene rings is 1. The molecule has 3 heterocycles. The van der Waals surface area contributed by atoms with Crippen molar-refractivity contribution in [3.05, 3.63) is 52.9 Å². The second-order valence-corrected chi connectivity index (χ2v) is 11.3. The lowest BCUT2D eigenvalue weighted by Gasteiger charge is -2.30. The van der Waals surface area contributed by atoms with Gasteiger partial charge in [-0.15, -0.1) is 11.3 Å². The number of piperidine rings is 1. The van der Waals surface area contributed by atoms with E-state index in [-0.39, 0.29) is 18.4 Å². The number of carbonyl (C=O) groups is 1. The number of likely N-dealkylation sites (tertiary alicyclic amines) is 1. The van der Waals surface area contributed by atoms with Gasteiger partial charge in [-0.25, -0.2) is 8.42 Å². The van der Waals surface area contributed by atoms with Crippen LogP contribution in [0.3, 0.4) is 0 Å². The van der Waals surface area contributed by atoms with Gasteiger partial charge >= 0.3 is 0 Å². The van der Waals surface area contributed by atoms with Gasteiger partial charge in [0.15, 0.2) is 0 Å². The van der Waals surface area contributed by atoms with Crippen molar-refractivity contribution in [1.82, 2.24) is 14.5 Å². The molecule has 1 aromatic carbocycles. The third kappa shape index (κ3) is 5.11. The van der Waals surface area contributed by atoms with Gasteiger partial charge in [-0.1, -0.05) is 30.3 Å². The van der Waals surface area contributed by atoms with Crippen molar-refractivity contribution in [1.29, 1.82) is 0 Å². The lowest BCUT2D eigenvalue weighted by molar-refractivity contribution is -0.126. The van der Waals surface area contributed by atoms with E-state index in [1.807, 2.05) is 0 Å². The van der Waals surface area contributed by atoms with Gasteiger partial charge in [0, 0.05) is 26.2 Å². The molecule has 0 radical (unpaired) electrons. The molecular weight excluding hydrogens is 418 g/mol. The zero-order chi connectivity index (χ0) is 21.0. The SMILES string of the molecule is O=C(NCc1ccc(CN2CCCC2)cc1)C1CCCN(S(=O)(=O)c2cccs2)C1. The molecule has 8 heteroatoms. The molecule has 30 heavy (non-hydrogen) atoms. The molecule has 1 amide bonds. The summed E-state index contributed by atoms with van der Waals surface area (Å²) in [6, 6.07) is 11.8. The summed E-state index contributed by atoms with van der Waals surface area (Å²) in [5.74, 6) is -0.370. The van der Waals surface area contributed by atoms with Crippen molar-refractivity contribution in [3.8, 4) is 0 Å². The van der Waals surface area contributed by atoms with E-state index >= 15 is 0 Å². The Hall–Kier alpha value is -1.74. The largest absolute Gasteiger partial charge is 0.352 e. The van der Waals surface area contributed by atoms with Crippen molar-refractivity contribution < 1.29 is 13.2 Å². The molecule has 4 rings (SSSR count). The first-order chi connectivity index (χ1) is 14.5. The van der Waals surface area contributed by atoms with Crippen LogP contribution in [-0.2, 0) is 27.9 Å². The number of hydrogen-bond acceptors (Lipinski definition) is 5. The molecule has 2 aliphatic rings. The first-order valence-corrected chi connectivity index (χ1v) is 13.0. The van der Waals surface area contributed by atoms with Gasteiger partial charge in [-0.05, 0) is 61.3 Å². The molecule has 162 valence electrons. The van der Waals surface area contributed by atoms with Crippen molar-refractivity contribution in [2.75, 3.05) is 26.2 Å². The van der Waals surface area contributed by atoms with Crippen LogP contribution in [0.2, 0.25) is 0 Å². The molecule has 2 aromatic rings. The molecule has 0 bridgehead atoms. The number of carbonyl (C=O) groups excluding carboxylic acids is 1. The lowest BCUT2D eigenvalue weighted by Crippen LogP contribution is -2.45. The highest BCUT2D eigenvalue weighted by atomic mass is 32.2. The summed E-state index contributed by atoms with van der Waals surface area (Å²) in [6.45, 7) is 4.54. The molecular formula is C22H29N3O3S2. The highest BCUT2D eigenvalue weighted by molar-refractivity contribution is 7.91. The van der Waals surface area contributed by atoms with Gasteiger partial charge in [0.05, 0.1) is 5.92 Å². The molecule has 1 N–H and O–H groups in total. The average Bonchev–Trinajstić information content (AvgIpc) is 3.48. The van der Waals surface area contributed by atoms with Gasteiger partial charge in [-0.3, -0.25) is 9.69 Å². The molecule has 6 nitrogen and oxygen atoms in total. The van der Waals surface area contributed by atoms with Crippen LogP contribution in [-0.4, -0.2) is 49.7 Å². The van der Waals surface area contributed by atoms with Crippen LogP contribution >= 0.6 is 11.3 Å². The Morgan fingerprint density at radius 1 is 1.03 bits per heavy atom. The van der Waals surface area contributed by atoms with E-state index in [4.69, 9.17) is 0 Å². The molecule has 0 saturated carbocycles. The number of nitrogens with one attached hydrogen (secondary N) is 1. The summed E-state index contributed by atoms with van der Waals surface area (Å²) in [7, 11) is -3.50. The third-order valence-corrected chi connectivity index (χ3v) is 9.18. The van der Waals surface area contributed by atoms with Gasteiger partial charge in [0.1, 0.15) is 4.21 Å². The number of nitrogens with zero attached hydrogens (tertiary/aromatic N) is 2. The summed E-state index contributed by atoms with van der Waals surface area (Å²) >= 11 is 1.22. The van der Waals surface area contributed by atoms with Crippen LogP contribution < -0.4 is 5.32 Å². The quantitative estimate of drug-likeness (QED) is 0.708. The minimum Gasteiger partial charge on any atom is -0.352 e. The topological polar surface area (TPSA) is 69.7 Å². The Balaban J connectivity index is 1.29. The molecule has 1 atom stereocenters. The Bertz CT molecular complexity index is 937. The second kappa shape index (κ2) is 9.60. The number of hydrogen-bond donors (Lipinski definition) is 1. The van der Waals surface area contributed by atoms with Gasteiger partial charge < -0.3 is 5.32 Å². The predicted octanol–water partition coefficient (Wildman–Crippen LogP) is 3.06. The van der Waals surface area contributed by atoms with Crippen molar-refractivity contribution in [2.24, 2.45) is 5.92 Å². The third-order valence-electron chi connectivity index (χ3n) is 5.94. The zero-order valence-electron chi connectivity index (χ0n) is 17.1. The van der Waals surface area contributed by atoms with Gasteiger partial charge in [-0.2, -0.15) is 4.31 Å². The molecule has 1 unspecified atom stereocenters. The molecule has 2 fully saturated rings. The summed E-state index contributed by atoms with van der Waals surface area (Å²) in [4.78, 5) is 15.2. The molecule has 2 saturated heterocycles. The van der Waals surface area contributed by atoms with E-state index in [0.717, 1.165) is 18.5 Å². The maximum Gasteiger partial charge on any atom is 0.252 e. The summed E-state index contributed by atoms with van der Waals surface area (Å²) < 4.78 is 27.3. The van der Waals surface area contributed by atoms with E-state index in [2.05, 4.69) is 34.5 Å². The first-order valence-electron chi connectivity index (χ1n) is 10.6. The standard InChI is InChI=1S/C22H29N3O3S2/c26-22(20-5-3-13-25(17-20)30(27,28)21-6-4-14-29-21)23-15-18-7-9-19(10-8-18)16-24-11-1-2-12-24/h4,6-10,14,20H,1-3,5,11-13,15-17H2,(H,23,26).